The molecule has 0 aromatic heterocycles. The van der Waals surface area contributed by atoms with Gasteiger partial charge in [0.1, 0.15) is 10.6 Å². The number of benzene rings is 1. The molecule has 1 saturated heterocycles. The molecular formula is C21H31BN2O4S. The Kier molecular flexibility index (Phi) is 6.82. The Morgan fingerprint density at radius 1 is 1.21 bits per heavy atom. The van der Waals surface area contributed by atoms with E-state index in [9.17, 15) is 4.79 Å². The Balaban J connectivity index is 2.34. The molecule has 1 heterocycles. The lowest BCUT2D eigenvalue weighted by molar-refractivity contribution is 0.00578. The molecule has 0 atom stereocenters. The number of nitrogens with one attached hydrogen (secondary N) is 1. The molecule has 1 amide bonds. The second-order valence-electron chi connectivity index (χ2n) is 9.11. The van der Waals surface area contributed by atoms with Gasteiger partial charge >= 0.3 is 13.2 Å². The Labute approximate surface area is 179 Å². The van der Waals surface area contributed by atoms with Crippen molar-refractivity contribution in [3.05, 3.63) is 40.9 Å². The van der Waals surface area contributed by atoms with E-state index in [1.807, 2.05) is 78.8 Å². The Morgan fingerprint density at radius 2 is 1.76 bits per heavy atom. The Hall–Kier alpha value is -1.90. The number of carbonyl (C=O) groups is 1. The molecule has 0 saturated carbocycles. The van der Waals surface area contributed by atoms with Crippen LogP contribution in [0.2, 0.25) is 0 Å². The largest absolute Gasteiger partial charge is 0.492 e. The second kappa shape index (κ2) is 8.46. The summed E-state index contributed by atoms with van der Waals surface area (Å²) >= 11 is 5.17. The zero-order valence-corrected chi connectivity index (χ0v) is 19.1. The van der Waals surface area contributed by atoms with Crippen LogP contribution in [0.1, 0.15) is 59.6 Å². The number of rotatable bonds is 5. The first-order valence-electron chi connectivity index (χ1n) is 9.64. The van der Waals surface area contributed by atoms with Gasteiger partial charge < -0.3 is 25.1 Å². The van der Waals surface area contributed by atoms with Gasteiger partial charge in [0, 0.05) is 12.1 Å². The number of amides is 1. The molecule has 2 rings (SSSR count). The van der Waals surface area contributed by atoms with Gasteiger partial charge in [-0.05, 0) is 59.5 Å². The van der Waals surface area contributed by atoms with Gasteiger partial charge in [0.15, 0.2) is 0 Å². The van der Waals surface area contributed by atoms with Crippen molar-refractivity contribution in [2.75, 3.05) is 6.54 Å². The minimum atomic E-state index is -0.630. The standard InChI is InChI=1S/C21H31BN2O4S/c1-19(2,3)26-18(25)24-13-15(22-27-20(4,5)21(6,7)28-22)12-14-10-8-9-11-16(14)17(23)29/h8-12H,13H2,1-7H3,(H2,23,29)(H,24,25). The molecule has 0 spiro atoms. The number of nitrogens with two attached hydrogens (primary N) is 1. The Bertz CT molecular complexity index is 799. The monoisotopic (exact) mass is 418 g/mol. The number of carbonyl (C=O) groups excluding carboxylic acids is 1. The van der Waals surface area contributed by atoms with Crippen molar-refractivity contribution < 1.29 is 18.8 Å². The van der Waals surface area contributed by atoms with Crippen LogP contribution in [0.15, 0.2) is 29.7 Å². The SMILES string of the molecule is CC(C)(C)OC(=O)NCC(=Cc1ccccc1C(N)=S)B1OC(C)(C)C(C)(C)O1. The molecule has 0 aliphatic carbocycles. The molecule has 1 aliphatic rings. The summed E-state index contributed by atoms with van der Waals surface area (Å²) < 4.78 is 17.7. The number of thiocarbonyl (C=S) groups is 1. The molecule has 3 N–H and O–H groups in total. The average molecular weight is 418 g/mol. The molecule has 0 unspecified atom stereocenters. The fourth-order valence-corrected chi connectivity index (χ4v) is 2.92. The van der Waals surface area contributed by atoms with Crippen molar-refractivity contribution >= 4 is 36.5 Å². The molecular weight excluding hydrogens is 387 g/mol. The van der Waals surface area contributed by atoms with Crippen LogP contribution < -0.4 is 11.1 Å². The molecule has 1 aliphatic heterocycles. The summed E-state index contributed by atoms with van der Waals surface area (Å²) in [5, 5.41) is 2.79. The molecule has 0 bridgehead atoms. The molecule has 158 valence electrons. The lowest BCUT2D eigenvalue weighted by atomic mass is 9.76. The topological polar surface area (TPSA) is 82.8 Å². The molecule has 1 fully saturated rings. The number of ether oxygens (including phenoxy) is 1. The molecule has 0 radical (unpaired) electrons. The van der Waals surface area contributed by atoms with Crippen LogP contribution in [-0.2, 0) is 14.0 Å². The van der Waals surface area contributed by atoms with Crippen molar-refractivity contribution in [1.29, 1.82) is 0 Å². The normalized spacial score (nSPS) is 18.4. The second-order valence-corrected chi connectivity index (χ2v) is 9.55. The lowest BCUT2D eigenvalue weighted by Gasteiger charge is -2.32. The first-order chi connectivity index (χ1) is 13.2. The highest BCUT2D eigenvalue weighted by Crippen LogP contribution is 2.38. The maximum absolute atomic E-state index is 12.2. The third-order valence-electron chi connectivity index (χ3n) is 4.96. The van der Waals surface area contributed by atoms with Crippen LogP contribution in [0.5, 0.6) is 0 Å². The zero-order chi connectivity index (χ0) is 22.0. The predicted octanol–water partition coefficient (Wildman–Crippen LogP) is 3.86. The quantitative estimate of drug-likeness (QED) is 0.558. The maximum Gasteiger partial charge on any atom is 0.492 e. The van der Waals surface area contributed by atoms with Gasteiger partial charge in [-0.15, -0.1) is 0 Å². The highest BCUT2D eigenvalue weighted by atomic mass is 32.1. The summed E-state index contributed by atoms with van der Waals surface area (Å²) in [6.07, 6.45) is 1.39. The zero-order valence-electron chi connectivity index (χ0n) is 18.3. The molecule has 1 aromatic carbocycles. The molecule has 8 heteroatoms. The minimum Gasteiger partial charge on any atom is -0.444 e. The average Bonchev–Trinajstić information content (AvgIpc) is 2.77. The van der Waals surface area contributed by atoms with E-state index >= 15 is 0 Å². The number of hydrogen-bond donors (Lipinski definition) is 2. The highest BCUT2D eigenvalue weighted by Gasteiger charge is 2.52. The van der Waals surface area contributed by atoms with Gasteiger partial charge in [-0.2, -0.15) is 0 Å². The van der Waals surface area contributed by atoms with Gasteiger partial charge in [-0.25, -0.2) is 4.79 Å². The maximum atomic E-state index is 12.2. The van der Waals surface area contributed by atoms with E-state index in [2.05, 4.69) is 5.32 Å². The van der Waals surface area contributed by atoms with Crippen molar-refractivity contribution in [2.24, 2.45) is 5.73 Å². The van der Waals surface area contributed by atoms with Gasteiger partial charge in [-0.3, -0.25) is 0 Å². The molecule has 1 aromatic rings. The number of alkyl carbamates (subject to hydrolysis) is 1. The summed E-state index contributed by atoms with van der Waals surface area (Å²) in [5.74, 6) is 0. The van der Waals surface area contributed by atoms with Crippen LogP contribution in [0.3, 0.4) is 0 Å². The van der Waals surface area contributed by atoms with Crippen molar-refractivity contribution in [2.45, 2.75) is 65.3 Å². The van der Waals surface area contributed by atoms with Crippen molar-refractivity contribution in [3.8, 4) is 0 Å². The van der Waals surface area contributed by atoms with Crippen LogP contribution in [0, 0.1) is 0 Å². The van der Waals surface area contributed by atoms with E-state index in [1.54, 1.807) is 0 Å². The fraction of sp³-hybridized carbons (Fsp3) is 0.524. The van der Waals surface area contributed by atoms with Gasteiger partial charge in [-0.1, -0.05) is 42.6 Å². The van der Waals surface area contributed by atoms with Crippen molar-refractivity contribution in [1.82, 2.24) is 5.32 Å². The van der Waals surface area contributed by atoms with E-state index < -0.39 is 30.0 Å². The van der Waals surface area contributed by atoms with E-state index in [1.165, 1.54) is 0 Å². The third-order valence-corrected chi connectivity index (χ3v) is 5.18. The Morgan fingerprint density at radius 3 is 2.28 bits per heavy atom. The molecule has 29 heavy (non-hydrogen) atoms. The third kappa shape index (κ3) is 6.04. The smallest absolute Gasteiger partial charge is 0.444 e. The summed E-state index contributed by atoms with van der Waals surface area (Å²) in [4.78, 5) is 12.5. The van der Waals surface area contributed by atoms with Gasteiger partial charge in [0.2, 0.25) is 0 Å². The van der Waals surface area contributed by atoms with Gasteiger partial charge in [0.25, 0.3) is 0 Å². The fourth-order valence-electron chi connectivity index (χ4n) is 2.73. The summed E-state index contributed by atoms with van der Waals surface area (Å²) in [7, 11) is -0.630. The summed E-state index contributed by atoms with van der Waals surface area (Å²) in [6.45, 7) is 13.6. The van der Waals surface area contributed by atoms with Crippen LogP contribution >= 0.6 is 12.2 Å². The van der Waals surface area contributed by atoms with Crippen LogP contribution in [0.4, 0.5) is 4.79 Å². The van der Waals surface area contributed by atoms with Gasteiger partial charge in [0.05, 0.1) is 11.2 Å². The first kappa shape index (κ1) is 23.4. The first-order valence-corrected chi connectivity index (χ1v) is 10.0. The van der Waals surface area contributed by atoms with E-state index in [0.717, 1.165) is 16.6 Å². The van der Waals surface area contributed by atoms with Crippen LogP contribution in [-0.4, -0.2) is 41.5 Å². The van der Waals surface area contributed by atoms with Crippen molar-refractivity contribution in [3.63, 3.8) is 0 Å². The van der Waals surface area contributed by atoms with E-state index in [0.29, 0.717) is 4.99 Å². The highest BCUT2D eigenvalue weighted by molar-refractivity contribution is 7.80. The minimum absolute atomic E-state index is 0.192. The van der Waals surface area contributed by atoms with E-state index in [4.69, 9.17) is 32.0 Å². The summed E-state index contributed by atoms with van der Waals surface area (Å²) in [5.41, 5.74) is 6.58. The lowest BCUT2D eigenvalue weighted by Crippen LogP contribution is -2.41. The predicted molar refractivity (Wildman–Crippen MR) is 121 cm³/mol. The van der Waals surface area contributed by atoms with E-state index in [-0.39, 0.29) is 6.54 Å². The van der Waals surface area contributed by atoms with Crippen LogP contribution in [0.25, 0.3) is 6.08 Å². The molecule has 6 nitrogen and oxygen atoms in total. The number of hydrogen-bond acceptors (Lipinski definition) is 5. The summed E-state index contributed by atoms with van der Waals surface area (Å²) in [6, 6.07) is 7.54.